The molecule has 1 aromatic heterocycles. The Bertz CT molecular complexity index is 936. The number of nitrogens with one attached hydrogen (secondary N) is 2. The predicted octanol–water partition coefficient (Wildman–Crippen LogP) is 2.32. The summed E-state index contributed by atoms with van der Waals surface area (Å²) in [6.07, 6.45) is 7.17. The highest BCUT2D eigenvalue weighted by Crippen LogP contribution is 2.32. The first kappa shape index (κ1) is 17.3. The topological polar surface area (TPSA) is 79.5 Å². The molecule has 0 saturated carbocycles. The van der Waals surface area contributed by atoms with Crippen molar-refractivity contribution in [2.24, 2.45) is 0 Å². The van der Waals surface area contributed by atoms with E-state index in [9.17, 15) is 4.79 Å². The molecule has 2 aliphatic heterocycles. The lowest BCUT2D eigenvalue weighted by atomic mass is 10.1. The fraction of sp³-hybridized carbons (Fsp3) is 0.429. The Morgan fingerprint density at radius 2 is 2.14 bits per heavy atom. The van der Waals surface area contributed by atoms with Crippen molar-refractivity contribution in [2.75, 3.05) is 26.8 Å². The Hall–Kier alpha value is -2.80. The number of carbonyl (C=O) groups excluding carboxylic acids is 1. The molecule has 2 aromatic rings. The predicted molar refractivity (Wildman–Crippen MR) is 105 cm³/mol. The number of aromatic amines is 1. The molecule has 28 heavy (non-hydrogen) atoms. The molecule has 2 N–H and O–H groups in total. The smallest absolute Gasteiger partial charge is 0.251 e. The summed E-state index contributed by atoms with van der Waals surface area (Å²) in [5, 5.41) is 3.16. The maximum absolute atomic E-state index is 12.7. The molecule has 1 unspecified atom stereocenters. The Labute approximate surface area is 163 Å². The first-order chi connectivity index (χ1) is 13.7. The van der Waals surface area contributed by atoms with Crippen molar-refractivity contribution in [2.45, 2.75) is 31.3 Å². The first-order valence-electron chi connectivity index (χ1n) is 9.83. The van der Waals surface area contributed by atoms with Crippen LogP contribution in [-0.4, -0.2) is 53.6 Å². The van der Waals surface area contributed by atoms with E-state index in [2.05, 4.69) is 34.4 Å². The van der Waals surface area contributed by atoms with E-state index in [4.69, 9.17) is 14.5 Å². The van der Waals surface area contributed by atoms with Crippen LogP contribution in [0.15, 0.2) is 24.3 Å². The van der Waals surface area contributed by atoms with E-state index in [1.54, 1.807) is 18.2 Å². The molecule has 7 nitrogen and oxygen atoms in total. The number of ether oxygens (including phenoxy) is 2. The molecule has 146 valence electrons. The lowest BCUT2D eigenvalue weighted by Crippen LogP contribution is -2.36. The molecular formula is C21H24N4O3. The zero-order valence-electron chi connectivity index (χ0n) is 15.9. The molecule has 0 spiro atoms. The van der Waals surface area contributed by atoms with Crippen molar-refractivity contribution in [3.05, 3.63) is 47.1 Å². The van der Waals surface area contributed by atoms with Crippen LogP contribution in [0.3, 0.4) is 0 Å². The largest absolute Gasteiger partial charge is 0.486 e. The van der Waals surface area contributed by atoms with Gasteiger partial charge in [-0.05, 0) is 50.6 Å². The van der Waals surface area contributed by atoms with E-state index >= 15 is 0 Å². The van der Waals surface area contributed by atoms with Gasteiger partial charge in [0.05, 0.1) is 11.7 Å². The third-order valence-corrected chi connectivity index (χ3v) is 5.67. The summed E-state index contributed by atoms with van der Waals surface area (Å²) < 4.78 is 11.1. The summed E-state index contributed by atoms with van der Waals surface area (Å²) in [6, 6.07) is 5.60. The van der Waals surface area contributed by atoms with Gasteiger partial charge in [-0.2, -0.15) is 0 Å². The molecular weight excluding hydrogens is 356 g/mol. The Morgan fingerprint density at radius 3 is 3.00 bits per heavy atom. The van der Waals surface area contributed by atoms with E-state index < -0.39 is 0 Å². The van der Waals surface area contributed by atoms with Crippen LogP contribution in [0.5, 0.6) is 11.5 Å². The number of H-pyrrole nitrogens is 1. The minimum atomic E-state index is -0.0855. The van der Waals surface area contributed by atoms with Crippen LogP contribution in [0.4, 0.5) is 0 Å². The summed E-state index contributed by atoms with van der Waals surface area (Å²) in [5.41, 5.74) is 2.86. The van der Waals surface area contributed by atoms with Gasteiger partial charge in [0.15, 0.2) is 11.5 Å². The van der Waals surface area contributed by atoms with Gasteiger partial charge in [0.1, 0.15) is 19.0 Å². The number of amides is 1. The normalized spacial score (nSPS) is 23.5. The molecule has 1 amide bonds. The molecule has 1 aliphatic carbocycles. The van der Waals surface area contributed by atoms with Crippen LogP contribution in [-0.2, 0) is 6.42 Å². The summed E-state index contributed by atoms with van der Waals surface area (Å²) in [5.74, 6) is 2.24. The van der Waals surface area contributed by atoms with E-state index in [1.807, 2.05) is 0 Å². The number of nitrogens with zero attached hydrogens (tertiary/aromatic N) is 2. The fourth-order valence-corrected chi connectivity index (χ4v) is 4.23. The average molecular weight is 380 g/mol. The number of hydrogen-bond donors (Lipinski definition) is 2. The SMILES string of the molecule is CN1CC(NC(=O)c2ccc3c(c2)OCCO3)C[C@H]1c1nc2c([nH]1)CCC=C2. The minimum Gasteiger partial charge on any atom is -0.486 e. The van der Waals surface area contributed by atoms with Gasteiger partial charge in [-0.25, -0.2) is 4.98 Å². The Morgan fingerprint density at radius 1 is 1.29 bits per heavy atom. The standard InChI is InChI=1S/C21H24N4O3/c1-25-12-14(11-17(25)20-23-15-4-2-3-5-16(15)24-20)22-21(26)13-6-7-18-19(10-13)28-9-8-27-18/h2,4,6-7,10,14,17H,3,5,8-9,11-12H2,1H3,(H,22,26)(H,23,24)/t14?,17-/m0/s1. The highest BCUT2D eigenvalue weighted by atomic mass is 16.6. The molecule has 1 fully saturated rings. The van der Waals surface area contributed by atoms with Gasteiger partial charge in [0.25, 0.3) is 5.91 Å². The van der Waals surface area contributed by atoms with Crippen LogP contribution in [0.2, 0.25) is 0 Å². The molecule has 1 saturated heterocycles. The third kappa shape index (κ3) is 3.16. The number of hydrogen-bond acceptors (Lipinski definition) is 5. The molecule has 7 heteroatoms. The second kappa shape index (κ2) is 6.98. The van der Waals surface area contributed by atoms with Crippen LogP contribution in [0.25, 0.3) is 6.08 Å². The highest BCUT2D eigenvalue weighted by Gasteiger charge is 2.34. The van der Waals surface area contributed by atoms with Crippen LogP contribution in [0, 0.1) is 0 Å². The first-order valence-corrected chi connectivity index (χ1v) is 9.83. The molecule has 1 aromatic carbocycles. The van der Waals surface area contributed by atoms with Crippen molar-refractivity contribution in [3.8, 4) is 11.5 Å². The molecule has 2 atom stereocenters. The van der Waals surface area contributed by atoms with Crippen molar-refractivity contribution < 1.29 is 14.3 Å². The van der Waals surface area contributed by atoms with Crippen LogP contribution in [0.1, 0.15) is 46.5 Å². The van der Waals surface area contributed by atoms with Crippen molar-refractivity contribution in [3.63, 3.8) is 0 Å². The Balaban J connectivity index is 1.27. The van der Waals surface area contributed by atoms with Gasteiger partial charge in [-0.15, -0.1) is 0 Å². The van der Waals surface area contributed by atoms with Crippen LogP contribution < -0.4 is 14.8 Å². The second-order valence-electron chi connectivity index (χ2n) is 7.65. The minimum absolute atomic E-state index is 0.0772. The molecule has 3 heterocycles. The third-order valence-electron chi connectivity index (χ3n) is 5.67. The number of fused-ring (bicyclic) bond motifs is 2. The number of carbonyl (C=O) groups is 1. The van der Waals surface area contributed by atoms with Gasteiger partial charge in [-0.1, -0.05) is 6.08 Å². The number of aromatic nitrogens is 2. The van der Waals surface area contributed by atoms with Crippen molar-refractivity contribution in [1.29, 1.82) is 0 Å². The number of imidazole rings is 1. The van der Waals surface area contributed by atoms with Crippen LogP contribution >= 0.6 is 0 Å². The zero-order chi connectivity index (χ0) is 19.1. The maximum Gasteiger partial charge on any atom is 0.251 e. The lowest BCUT2D eigenvalue weighted by Gasteiger charge is -2.19. The van der Waals surface area contributed by atoms with Gasteiger partial charge in [0.2, 0.25) is 0 Å². The Kier molecular flexibility index (Phi) is 4.31. The highest BCUT2D eigenvalue weighted by molar-refractivity contribution is 5.95. The number of allylic oxidation sites excluding steroid dienone is 1. The van der Waals surface area contributed by atoms with Crippen molar-refractivity contribution >= 4 is 12.0 Å². The summed E-state index contributed by atoms with van der Waals surface area (Å²) >= 11 is 0. The summed E-state index contributed by atoms with van der Waals surface area (Å²) in [7, 11) is 2.08. The maximum atomic E-state index is 12.7. The van der Waals surface area contributed by atoms with Gasteiger partial charge >= 0.3 is 0 Å². The lowest BCUT2D eigenvalue weighted by molar-refractivity contribution is 0.0937. The fourth-order valence-electron chi connectivity index (χ4n) is 4.23. The number of likely N-dealkylation sites (tertiary alicyclic amines) is 1. The molecule has 5 rings (SSSR count). The zero-order valence-corrected chi connectivity index (χ0v) is 15.9. The molecule has 0 bridgehead atoms. The van der Waals surface area contributed by atoms with Crippen molar-refractivity contribution in [1.82, 2.24) is 20.2 Å². The van der Waals surface area contributed by atoms with E-state index in [-0.39, 0.29) is 18.0 Å². The van der Waals surface area contributed by atoms with Gasteiger partial charge < -0.3 is 19.8 Å². The average Bonchev–Trinajstić information content (AvgIpc) is 3.30. The number of likely N-dealkylation sites (N-methyl/N-ethyl adjacent to an activating group) is 1. The second-order valence-corrected chi connectivity index (χ2v) is 7.65. The summed E-state index contributed by atoms with van der Waals surface area (Å²) in [4.78, 5) is 23.3. The van der Waals surface area contributed by atoms with E-state index in [0.29, 0.717) is 30.3 Å². The number of rotatable bonds is 3. The molecule has 0 radical (unpaired) electrons. The van der Waals surface area contributed by atoms with E-state index in [1.165, 1.54) is 5.69 Å². The van der Waals surface area contributed by atoms with E-state index in [0.717, 1.165) is 37.3 Å². The van der Waals surface area contributed by atoms with Gasteiger partial charge in [-0.3, -0.25) is 9.69 Å². The van der Waals surface area contributed by atoms with Gasteiger partial charge in [0, 0.05) is 23.8 Å². The number of benzene rings is 1. The quantitative estimate of drug-likeness (QED) is 0.854. The monoisotopic (exact) mass is 380 g/mol. The number of aryl methyl sites for hydroxylation is 1. The molecule has 3 aliphatic rings. The summed E-state index contributed by atoms with van der Waals surface area (Å²) in [6.45, 7) is 1.85.